The minimum absolute atomic E-state index is 0. The standard InChI is InChI=1S/CH2O2.CH3.Cu/c2-1-3;;/h1H,(H,2,3);1H3;/q;-1;+1. The SMILES string of the molecule is O=CO.[CH3-].[Cu+]. The largest absolute Gasteiger partial charge is 1.00 e. The molecule has 36 valence electrons. The summed E-state index contributed by atoms with van der Waals surface area (Å²) < 4.78 is 0. The Kier molecular flexibility index (Phi) is 146. The summed E-state index contributed by atoms with van der Waals surface area (Å²) >= 11 is 0. The third-order valence-electron chi connectivity index (χ3n) is 0. The molecule has 0 aromatic rings. The fourth-order valence-electron chi connectivity index (χ4n) is 0. The summed E-state index contributed by atoms with van der Waals surface area (Å²) in [6.45, 7) is -0.250. The van der Waals surface area contributed by atoms with E-state index in [4.69, 9.17) is 9.90 Å². The Labute approximate surface area is 41.7 Å². The van der Waals surface area contributed by atoms with E-state index >= 15 is 0 Å². The molecule has 0 aromatic heterocycles. The van der Waals surface area contributed by atoms with Gasteiger partial charge in [-0.2, -0.15) is 0 Å². The normalized spacial score (nSPS) is 2.40. The zero-order valence-electron chi connectivity index (χ0n) is 2.73. The quantitative estimate of drug-likeness (QED) is 0.284. The van der Waals surface area contributed by atoms with Crippen LogP contribution in [0.15, 0.2) is 0 Å². The van der Waals surface area contributed by atoms with Crippen LogP contribution in [0.25, 0.3) is 0 Å². The van der Waals surface area contributed by atoms with Gasteiger partial charge in [0, 0.05) is 0 Å². The fourth-order valence-corrected chi connectivity index (χ4v) is 0. The first kappa shape index (κ1) is 20.1. The Hall–Kier alpha value is -0.0105. The average Bonchev–Trinajstić information content (AvgIpc) is 0.918. The van der Waals surface area contributed by atoms with Crippen molar-refractivity contribution in [1.82, 2.24) is 0 Å². The second-order valence-corrected chi connectivity index (χ2v) is 0.105. The number of hydrogen-bond donors (Lipinski definition) is 1. The second kappa shape index (κ2) is 36.4. The van der Waals surface area contributed by atoms with Crippen molar-refractivity contribution >= 4 is 6.47 Å². The van der Waals surface area contributed by atoms with Crippen LogP contribution in [0.3, 0.4) is 0 Å². The van der Waals surface area contributed by atoms with Crippen LogP contribution in [0.2, 0.25) is 0 Å². The first-order chi connectivity index (χ1) is 1.41. The van der Waals surface area contributed by atoms with Gasteiger partial charge in [0.1, 0.15) is 0 Å². The van der Waals surface area contributed by atoms with Gasteiger partial charge in [-0.1, -0.05) is 0 Å². The Morgan fingerprint density at radius 3 is 1.60 bits per heavy atom. The molecule has 0 aliphatic heterocycles. The van der Waals surface area contributed by atoms with Crippen molar-refractivity contribution in [3.8, 4) is 0 Å². The Morgan fingerprint density at radius 1 is 1.60 bits per heavy atom. The fraction of sp³-hybridized carbons (Fsp3) is 0. The first-order valence-electron chi connectivity index (χ1n) is 0.494. The van der Waals surface area contributed by atoms with Crippen molar-refractivity contribution in [2.75, 3.05) is 0 Å². The van der Waals surface area contributed by atoms with Crippen LogP contribution >= 0.6 is 0 Å². The molecule has 0 bridgehead atoms. The van der Waals surface area contributed by atoms with Crippen molar-refractivity contribution in [1.29, 1.82) is 0 Å². The molecule has 0 aliphatic rings. The second-order valence-electron chi connectivity index (χ2n) is 0.105. The number of carbonyl (C=O) groups is 1. The Bertz CT molecular complexity index is 15.1. The van der Waals surface area contributed by atoms with Gasteiger partial charge in [-0.05, 0) is 0 Å². The van der Waals surface area contributed by atoms with Crippen LogP contribution in [0.4, 0.5) is 0 Å². The van der Waals surface area contributed by atoms with E-state index in [-0.39, 0.29) is 31.0 Å². The molecule has 0 saturated heterocycles. The molecule has 0 rings (SSSR count). The zero-order valence-corrected chi connectivity index (χ0v) is 3.68. The zero-order chi connectivity index (χ0) is 2.71. The van der Waals surface area contributed by atoms with E-state index in [0.29, 0.717) is 0 Å². The smallest absolute Gasteiger partial charge is 0.483 e. The topological polar surface area (TPSA) is 37.3 Å². The van der Waals surface area contributed by atoms with Gasteiger partial charge >= 0.3 is 17.1 Å². The van der Waals surface area contributed by atoms with Crippen LogP contribution in [-0.4, -0.2) is 11.6 Å². The van der Waals surface area contributed by atoms with Gasteiger partial charge in [-0.15, -0.1) is 0 Å². The van der Waals surface area contributed by atoms with Gasteiger partial charge in [0.15, 0.2) is 0 Å². The van der Waals surface area contributed by atoms with Crippen molar-refractivity contribution in [3.05, 3.63) is 7.43 Å². The van der Waals surface area contributed by atoms with E-state index < -0.39 is 0 Å². The van der Waals surface area contributed by atoms with Gasteiger partial charge in [0.05, 0.1) is 0 Å². The van der Waals surface area contributed by atoms with E-state index in [1.807, 2.05) is 0 Å². The van der Waals surface area contributed by atoms with E-state index in [2.05, 4.69) is 0 Å². The molecule has 0 radical (unpaired) electrons. The molecule has 0 saturated carbocycles. The predicted octanol–water partition coefficient (Wildman–Crippen LogP) is 0.149. The molecule has 5 heavy (non-hydrogen) atoms. The van der Waals surface area contributed by atoms with Gasteiger partial charge in [0.2, 0.25) is 0 Å². The third kappa shape index (κ3) is 143000. The molecule has 0 amide bonds. The predicted molar refractivity (Wildman–Crippen MR) is 15.1 cm³/mol. The van der Waals surface area contributed by atoms with E-state index in [0.717, 1.165) is 0 Å². The van der Waals surface area contributed by atoms with Crippen LogP contribution in [0, 0.1) is 7.43 Å². The molecular weight excluding hydrogens is 120 g/mol. The molecule has 2 nitrogen and oxygen atoms in total. The molecule has 0 aromatic carbocycles. The van der Waals surface area contributed by atoms with E-state index in [9.17, 15) is 0 Å². The third-order valence-corrected chi connectivity index (χ3v) is 0. The molecular formula is C2H5CuO2. The molecule has 0 aliphatic carbocycles. The van der Waals surface area contributed by atoms with Crippen LogP contribution < -0.4 is 0 Å². The Balaban J connectivity index is -0.0000000200. The molecule has 0 spiro atoms. The minimum atomic E-state index is -0.250. The van der Waals surface area contributed by atoms with Crippen molar-refractivity contribution in [2.24, 2.45) is 0 Å². The maximum Gasteiger partial charge on any atom is 1.00 e. The maximum absolute atomic E-state index is 8.36. The molecule has 0 unspecified atom stereocenters. The number of carboxylic acid groups (broad SMARTS) is 1. The van der Waals surface area contributed by atoms with Crippen LogP contribution in [-0.2, 0) is 21.9 Å². The summed E-state index contributed by atoms with van der Waals surface area (Å²) in [4.78, 5) is 8.36. The minimum Gasteiger partial charge on any atom is -0.483 e. The molecule has 0 heterocycles. The van der Waals surface area contributed by atoms with E-state index in [1.54, 1.807) is 0 Å². The van der Waals surface area contributed by atoms with Crippen molar-refractivity contribution in [2.45, 2.75) is 0 Å². The summed E-state index contributed by atoms with van der Waals surface area (Å²) in [6.07, 6.45) is 0. The van der Waals surface area contributed by atoms with Crippen LogP contribution in [0.5, 0.6) is 0 Å². The van der Waals surface area contributed by atoms with Crippen molar-refractivity contribution in [3.63, 3.8) is 0 Å². The van der Waals surface area contributed by atoms with Gasteiger partial charge in [0.25, 0.3) is 6.47 Å². The van der Waals surface area contributed by atoms with Gasteiger partial charge in [-0.3, -0.25) is 4.79 Å². The monoisotopic (exact) mass is 124 g/mol. The van der Waals surface area contributed by atoms with Gasteiger partial charge < -0.3 is 12.5 Å². The summed E-state index contributed by atoms with van der Waals surface area (Å²) in [5.74, 6) is 0. The van der Waals surface area contributed by atoms with Gasteiger partial charge in [-0.25, -0.2) is 0 Å². The molecule has 3 heteroatoms. The number of rotatable bonds is 0. The summed E-state index contributed by atoms with van der Waals surface area (Å²) in [5, 5.41) is 6.89. The van der Waals surface area contributed by atoms with Crippen LogP contribution in [0.1, 0.15) is 0 Å². The molecule has 1 N–H and O–H groups in total. The average molecular weight is 125 g/mol. The summed E-state index contributed by atoms with van der Waals surface area (Å²) in [6, 6.07) is 0. The summed E-state index contributed by atoms with van der Waals surface area (Å²) in [5.41, 5.74) is 0. The summed E-state index contributed by atoms with van der Waals surface area (Å²) in [7, 11) is 0. The van der Waals surface area contributed by atoms with Crippen molar-refractivity contribution < 1.29 is 27.0 Å². The van der Waals surface area contributed by atoms with E-state index in [1.165, 1.54) is 0 Å². The molecule has 0 fully saturated rings. The Morgan fingerprint density at radius 2 is 1.60 bits per heavy atom. The number of hydrogen-bond acceptors (Lipinski definition) is 1. The molecule has 0 atom stereocenters. The first-order valence-corrected chi connectivity index (χ1v) is 0.494. The maximum atomic E-state index is 8.36.